The zero-order valence-electron chi connectivity index (χ0n) is 8.26. The van der Waals surface area contributed by atoms with Gasteiger partial charge in [-0.25, -0.2) is 4.98 Å². The van der Waals surface area contributed by atoms with E-state index < -0.39 is 0 Å². The van der Waals surface area contributed by atoms with E-state index in [1.165, 1.54) is 0 Å². The van der Waals surface area contributed by atoms with E-state index >= 15 is 0 Å². The zero-order chi connectivity index (χ0) is 10.5. The quantitative estimate of drug-likeness (QED) is 0.827. The van der Waals surface area contributed by atoms with Crippen molar-refractivity contribution in [3.63, 3.8) is 0 Å². The van der Waals surface area contributed by atoms with Gasteiger partial charge in [-0.3, -0.25) is 0 Å². The molecule has 0 amide bonds. The number of hydrogen-bond acceptors (Lipinski definition) is 3. The van der Waals surface area contributed by atoms with Gasteiger partial charge in [-0.05, 0) is 18.2 Å². The molecule has 0 spiro atoms. The third-order valence-electron chi connectivity index (χ3n) is 1.96. The first-order valence-corrected chi connectivity index (χ1v) is 4.77. The van der Waals surface area contributed by atoms with Crippen molar-refractivity contribution in [2.24, 2.45) is 5.73 Å². The van der Waals surface area contributed by atoms with Crippen LogP contribution in [-0.4, -0.2) is 4.98 Å². The number of ether oxygens (including phenoxy) is 1. The molecule has 1 aromatic carbocycles. The number of benzene rings is 1. The Morgan fingerprint density at radius 2 is 1.80 bits per heavy atom. The molecule has 0 aliphatic heterocycles. The van der Waals surface area contributed by atoms with Gasteiger partial charge in [0.05, 0.1) is 5.69 Å². The molecule has 0 unspecified atom stereocenters. The van der Waals surface area contributed by atoms with Crippen LogP contribution in [0.25, 0.3) is 0 Å². The maximum absolute atomic E-state index is 5.55. The number of para-hydroxylation sites is 1. The van der Waals surface area contributed by atoms with Crippen LogP contribution in [0.3, 0.4) is 0 Å². The van der Waals surface area contributed by atoms with Gasteiger partial charge in [0.25, 0.3) is 0 Å². The Morgan fingerprint density at radius 1 is 1.00 bits per heavy atom. The first-order chi connectivity index (χ1) is 7.38. The molecule has 0 fully saturated rings. The monoisotopic (exact) mass is 200 g/mol. The first kappa shape index (κ1) is 9.68. The molecule has 0 aliphatic rings. The molecule has 3 heteroatoms. The lowest BCUT2D eigenvalue weighted by Crippen LogP contribution is -1.99. The van der Waals surface area contributed by atoms with Crippen molar-refractivity contribution in [1.29, 1.82) is 0 Å². The predicted octanol–water partition coefficient (Wildman–Crippen LogP) is 2.33. The van der Waals surface area contributed by atoms with Crippen LogP contribution in [0.4, 0.5) is 0 Å². The molecule has 1 aromatic heterocycles. The van der Waals surface area contributed by atoms with E-state index in [1.54, 1.807) is 0 Å². The van der Waals surface area contributed by atoms with Crippen LogP contribution >= 0.6 is 0 Å². The normalized spacial score (nSPS) is 9.93. The van der Waals surface area contributed by atoms with Crippen LogP contribution in [0.5, 0.6) is 11.6 Å². The molecule has 0 aliphatic carbocycles. The van der Waals surface area contributed by atoms with Gasteiger partial charge in [0, 0.05) is 12.6 Å². The van der Waals surface area contributed by atoms with Crippen molar-refractivity contribution in [3.8, 4) is 11.6 Å². The minimum atomic E-state index is 0.423. The largest absolute Gasteiger partial charge is 0.439 e. The summed E-state index contributed by atoms with van der Waals surface area (Å²) in [4.78, 5) is 4.24. The number of nitrogens with two attached hydrogens (primary N) is 1. The summed E-state index contributed by atoms with van der Waals surface area (Å²) in [6.45, 7) is 0.423. The summed E-state index contributed by atoms with van der Waals surface area (Å²) >= 11 is 0. The molecule has 2 aromatic rings. The molecule has 76 valence electrons. The second kappa shape index (κ2) is 4.57. The summed E-state index contributed by atoms with van der Waals surface area (Å²) in [5, 5.41) is 0. The Labute approximate surface area is 88.5 Å². The fraction of sp³-hybridized carbons (Fsp3) is 0.0833. The summed E-state index contributed by atoms with van der Waals surface area (Å²) in [7, 11) is 0. The average molecular weight is 200 g/mol. The Kier molecular flexibility index (Phi) is 2.95. The van der Waals surface area contributed by atoms with Crippen LogP contribution in [-0.2, 0) is 6.54 Å². The van der Waals surface area contributed by atoms with Crippen molar-refractivity contribution in [2.45, 2.75) is 6.54 Å². The minimum Gasteiger partial charge on any atom is -0.439 e. The molecule has 0 saturated carbocycles. The van der Waals surface area contributed by atoms with E-state index in [4.69, 9.17) is 10.5 Å². The summed E-state index contributed by atoms with van der Waals surface area (Å²) in [6.07, 6.45) is 0. The summed E-state index contributed by atoms with van der Waals surface area (Å²) in [6, 6.07) is 15.1. The average Bonchev–Trinajstić information content (AvgIpc) is 2.31. The number of nitrogens with zero attached hydrogens (tertiary/aromatic N) is 1. The lowest BCUT2D eigenvalue weighted by molar-refractivity contribution is 0.461. The van der Waals surface area contributed by atoms with Gasteiger partial charge >= 0.3 is 0 Å². The lowest BCUT2D eigenvalue weighted by Gasteiger charge is -2.05. The number of aromatic nitrogens is 1. The van der Waals surface area contributed by atoms with E-state index in [0.29, 0.717) is 12.4 Å². The van der Waals surface area contributed by atoms with Crippen molar-refractivity contribution < 1.29 is 4.74 Å². The van der Waals surface area contributed by atoms with Gasteiger partial charge in [-0.2, -0.15) is 0 Å². The third kappa shape index (κ3) is 2.54. The van der Waals surface area contributed by atoms with Gasteiger partial charge in [-0.15, -0.1) is 0 Å². The molecule has 15 heavy (non-hydrogen) atoms. The highest BCUT2D eigenvalue weighted by molar-refractivity contribution is 5.27. The van der Waals surface area contributed by atoms with Gasteiger partial charge < -0.3 is 10.5 Å². The van der Waals surface area contributed by atoms with Gasteiger partial charge in [0.1, 0.15) is 5.75 Å². The Bertz CT molecular complexity index is 429. The highest BCUT2D eigenvalue weighted by atomic mass is 16.5. The van der Waals surface area contributed by atoms with E-state index in [9.17, 15) is 0 Å². The molecular formula is C12H12N2O. The minimum absolute atomic E-state index is 0.423. The van der Waals surface area contributed by atoms with E-state index in [-0.39, 0.29) is 0 Å². The maximum atomic E-state index is 5.55. The van der Waals surface area contributed by atoms with Gasteiger partial charge in [0.15, 0.2) is 0 Å². The molecule has 1 heterocycles. The van der Waals surface area contributed by atoms with Crippen LogP contribution in [0.1, 0.15) is 5.69 Å². The summed E-state index contributed by atoms with van der Waals surface area (Å²) in [5.41, 5.74) is 6.32. The van der Waals surface area contributed by atoms with Crippen LogP contribution in [0, 0.1) is 0 Å². The van der Waals surface area contributed by atoms with Crippen LogP contribution in [0.2, 0.25) is 0 Å². The molecule has 2 rings (SSSR count). The number of rotatable bonds is 3. The van der Waals surface area contributed by atoms with Crippen molar-refractivity contribution in [2.75, 3.05) is 0 Å². The molecule has 0 atom stereocenters. The second-order valence-electron chi connectivity index (χ2n) is 3.09. The molecular weight excluding hydrogens is 188 g/mol. The maximum Gasteiger partial charge on any atom is 0.219 e. The van der Waals surface area contributed by atoms with Crippen LogP contribution in [0.15, 0.2) is 48.5 Å². The molecule has 3 nitrogen and oxygen atoms in total. The van der Waals surface area contributed by atoms with Crippen LogP contribution < -0.4 is 10.5 Å². The predicted molar refractivity (Wildman–Crippen MR) is 58.6 cm³/mol. The fourth-order valence-electron chi connectivity index (χ4n) is 1.24. The highest BCUT2D eigenvalue weighted by Gasteiger charge is 1.98. The molecule has 0 bridgehead atoms. The van der Waals surface area contributed by atoms with Gasteiger partial charge in [0.2, 0.25) is 5.88 Å². The van der Waals surface area contributed by atoms with E-state index in [1.807, 2.05) is 48.5 Å². The summed E-state index contributed by atoms with van der Waals surface area (Å²) in [5.74, 6) is 1.35. The Hall–Kier alpha value is -1.87. The fourth-order valence-corrected chi connectivity index (χ4v) is 1.24. The molecule has 2 N–H and O–H groups in total. The second-order valence-corrected chi connectivity index (χ2v) is 3.09. The summed E-state index contributed by atoms with van der Waals surface area (Å²) < 4.78 is 5.55. The molecule has 0 radical (unpaired) electrons. The smallest absolute Gasteiger partial charge is 0.219 e. The topological polar surface area (TPSA) is 48.1 Å². The SMILES string of the molecule is NCc1cccc(Oc2ccccc2)n1. The van der Waals surface area contributed by atoms with Crippen molar-refractivity contribution in [1.82, 2.24) is 4.98 Å². The number of hydrogen-bond donors (Lipinski definition) is 1. The van der Waals surface area contributed by atoms with Gasteiger partial charge in [-0.1, -0.05) is 24.3 Å². The highest BCUT2D eigenvalue weighted by Crippen LogP contribution is 2.18. The van der Waals surface area contributed by atoms with E-state index in [0.717, 1.165) is 11.4 Å². The standard InChI is InChI=1S/C12H12N2O/c13-9-10-5-4-8-12(14-10)15-11-6-2-1-3-7-11/h1-8H,9,13H2. The Balaban J connectivity index is 2.17. The van der Waals surface area contributed by atoms with E-state index in [2.05, 4.69) is 4.98 Å². The lowest BCUT2D eigenvalue weighted by atomic mass is 10.3. The molecule has 0 saturated heterocycles. The zero-order valence-corrected chi connectivity index (χ0v) is 8.26. The number of pyridine rings is 1. The van der Waals surface area contributed by atoms with Crippen molar-refractivity contribution >= 4 is 0 Å². The third-order valence-corrected chi connectivity index (χ3v) is 1.96. The van der Waals surface area contributed by atoms with Crippen molar-refractivity contribution in [3.05, 3.63) is 54.2 Å². The first-order valence-electron chi connectivity index (χ1n) is 4.77. The Morgan fingerprint density at radius 3 is 2.53 bits per heavy atom.